The molecule has 0 bridgehead atoms. The summed E-state index contributed by atoms with van der Waals surface area (Å²) < 4.78 is 0. The van der Waals surface area contributed by atoms with Crippen LogP contribution in [0.4, 0.5) is 5.69 Å². The Morgan fingerprint density at radius 1 is 1.26 bits per heavy atom. The minimum absolute atomic E-state index is 0.0405. The molecule has 0 radical (unpaired) electrons. The Bertz CT molecular complexity index is 390. The monoisotopic (exact) mass is 282 g/mol. The molecule has 0 saturated carbocycles. The SMILES string of the molecule is CC(C)CCN(C)CCC(=O)Nc1ccc(Cl)cc1. The Balaban J connectivity index is 2.26. The number of nitrogens with one attached hydrogen (secondary N) is 1. The summed E-state index contributed by atoms with van der Waals surface area (Å²) in [6.07, 6.45) is 1.67. The lowest BCUT2D eigenvalue weighted by molar-refractivity contribution is -0.116. The molecular formula is C15H23ClN2O. The molecule has 0 saturated heterocycles. The molecule has 1 aromatic rings. The number of nitrogens with zero attached hydrogens (tertiary/aromatic N) is 1. The summed E-state index contributed by atoms with van der Waals surface area (Å²) in [5.74, 6) is 0.740. The predicted octanol–water partition coefficient (Wildman–Crippen LogP) is 3.65. The standard InChI is InChI=1S/C15H23ClN2O/c1-12(2)8-10-18(3)11-9-15(19)17-14-6-4-13(16)5-7-14/h4-7,12H,8-11H2,1-3H3,(H,17,19). The number of hydrogen-bond acceptors (Lipinski definition) is 2. The van der Waals surface area contributed by atoms with Gasteiger partial charge in [0.15, 0.2) is 0 Å². The first-order chi connectivity index (χ1) is 8.97. The van der Waals surface area contributed by atoms with Gasteiger partial charge >= 0.3 is 0 Å². The minimum atomic E-state index is 0.0405. The number of anilines is 1. The largest absolute Gasteiger partial charge is 0.326 e. The molecule has 0 aromatic heterocycles. The van der Waals surface area contributed by atoms with Crippen LogP contribution < -0.4 is 5.32 Å². The summed E-state index contributed by atoms with van der Waals surface area (Å²) in [6.45, 7) is 6.24. The molecule has 1 rings (SSSR count). The summed E-state index contributed by atoms with van der Waals surface area (Å²) in [7, 11) is 2.05. The second-order valence-corrected chi connectivity index (χ2v) is 5.73. The van der Waals surface area contributed by atoms with E-state index in [1.807, 2.05) is 12.1 Å². The third kappa shape index (κ3) is 7.19. The number of carbonyl (C=O) groups is 1. The average molecular weight is 283 g/mol. The number of benzene rings is 1. The summed E-state index contributed by atoms with van der Waals surface area (Å²) >= 11 is 5.79. The van der Waals surface area contributed by atoms with Gasteiger partial charge in [0.25, 0.3) is 0 Å². The summed E-state index contributed by atoms with van der Waals surface area (Å²) in [5, 5.41) is 3.54. The Kier molecular flexibility index (Phi) is 6.89. The zero-order valence-electron chi connectivity index (χ0n) is 11.9. The Hall–Kier alpha value is -1.06. The Morgan fingerprint density at radius 2 is 1.89 bits per heavy atom. The molecular weight excluding hydrogens is 260 g/mol. The maximum atomic E-state index is 11.8. The van der Waals surface area contributed by atoms with E-state index >= 15 is 0 Å². The van der Waals surface area contributed by atoms with Gasteiger partial charge in [0, 0.05) is 23.7 Å². The zero-order valence-corrected chi connectivity index (χ0v) is 12.7. The maximum Gasteiger partial charge on any atom is 0.225 e. The highest BCUT2D eigenvalue weighted by Gasteiger charge is 2.06. The first kappa shape index (κ1) is 16.0. The zero-order chi connectivity index (χ0) is 14.3. The van der Waals surface area contributed by atoms with Gasteiger partial charge < -0.3 is 10.2 Å². The van der Waals surface area contributed by atoms with Crippen molar-refractivity contribution in [2.24, 2.45) is 5.92 Å². The topological polar surface area (TPSA) is 32.3 Å². The number of carbonyl (C=O) groups excluding carboxylic acids is 1. The van der Waals surface area contributed by atoms with Crippen LogP contribution >= 0.6 is 11.6 Å². The lowest BCUT2D eigenvalue weighted by Crippen LogP contribution is -2.25. The van der Waals surface area contributed by atoms with E-state index in [0.29, 0.717) is 17.4 Å². The van der Waals surface area contributed by atoms with Gasteiger partial charge in [0.05, 0.1) is 0 Å². The smallest absolute Gasteiger partial charge is 0.225 e. The van der Waals surface area contributed by atoms with Crippen LogP contribution in [0.15, 0.2) is 24.3 Å². The normalized spacial score (nSPS) is 11.1. The molecule has 0 atom stereocenters. The molecule has 1 amide bonds. The fraction of sp³-hybridized carbons (Fsp3) is 0.533. The van der Waals surface area contributed by atoms with Crippen molar-refractivity contribution >= 4 is 23.2 Å². The molecule has 0 aliphatic heterocycles. The van der Waals surface area contributed by atoms with Gasteiger partial charge in [-0.05, 0) is 50.2 Å². The van der Waals surface area contributed by atoms with E-state index in [-0.39, 0.29) is 5.91 Å². The van der Waals surface area contributed by atoms with Crippen LogP contribution in [0, 0.1) is 5.92 Å². The van der Waals surface area contributed by atoms with Crippen molar-refractivity contribution < 1.29 is 4.79 Å². The molecule has 1 aromatic carbocycles. The molecule has 106 valence electrons. The lowest BCUT2D eigenvalue weighted by Gasteiger charge is -2.17. The number of halogens is 1. The van der Waals surface area contributed by atoms with E-state index in [2.05, 4.69) is 31.1 Å². The van der Waals surface area contributed by atoms with Crippen molar-refractivity contribution in [2.75, 3.05) is 25.5 Å². The van der Waals surface area contributed by atoms with Crippen LogP contribution in [-0.4, -0.2) is 30.9 Å². The molecule has 0 heterocycles. The maximum absolute atomic E-state index is 11.8. The molecule has 1 N–H and O–H groups in total. The van der Waals surface area contributed by atoms with Crippen LogP contribution in [0.5, 0.6) is 0 Å². The molecule has 3 nitrogen and oxygen atoms in total. The van der Waals surface area contributed by atoms with Gasteiger partial charge in [0.1, 0.15) is 0 Å². The van der Waals surface area contributed by atoms with Crippen LogP contribution in [0.2, 0.25) is 5.02 Å². The summed E-state index contributed by atoms with van der Waals surface area (Å²) in [4.78, 5) is 14.0. The average Bonchev–Trinajstić information content (AvgIpc) is 2.36. The quantitative estimate of drug-likeness (QED) is 0.828. The fourth-order valence-corrected chi connectivity index (χ4v) is 1.77. The Labute approximate surface area is 120 Å². The second kappa shape index (κ2) is 8.18. The van der Waals surface area contributed by atoms with E-state index in [1.165, 1.54) is 0 Å². The van der Waals surface area contributed by atoms with Crippen LogP contribution in [0.25, 0.3) is 0 Å². The third-order valence-corrected chi connectivity index (χ3v) is 3.19. The first-order valence-corrected chi connectivity index (χ1v) is 7.09. The van der Waals surface area contributed by atoms with E-state index in [0.717, 1.165) is 25.2 Å². The van der Waals surface area contributed by atoms with Crippen molar-refractivity contribution in [1.82, 2.24) is 4.90 Å². The summed E-state index contributed by atoms with van der Waals surface area (Å²) in [5.41, 5.74) is 0.791. The van der Waals surface area contributed by atoms with Crippen molar-refractivity contribution in [3.8, 4) is 0 Å². The highest BCUT2D eigenvalue weighted by molar-refractivity contribution is 6.30. The van der Waals surface area contributed by atoms with Gasteiger partial charge in [-0.15, -0.1) is 0 Å². The highest BCUT2D eigenvalue weighted by atomic mass is 35.5. The van der Waals surface area contributed by atoms with Crippen molar-refractivity contribution in [1.29, 1.82) is 0 Å². The van der Waals surface area contributed by atoms with Crippen LogP contribution in [0.3, 0.4) is 0 Å². The second-order valence-electron chi connectivity index (χ2n) is 5.29. The predicted molar refractivity (Wildman–Crippen MR) is 81.7 cm³/mol. The van der Waals surface area contributed by atoms with Crippen molar-refractivity contribution in [3.05, 3.63) is 29.3 Å². The van der Waals surface area contributed by atoms with Gasteiger partial charge in [-0.3, -0.25) is 4.79 Å². The Morgan fingerprint density at radius 3 is 2.47 bits per heavy atom. The van der Waals surface area contributed by atoms with Crippen LogP contribution in [-0.2, 0) is 4.79 Å². The van der Waals surface area contributed by atoms with Gasteiger partial charge in [0.2, 0.25) is 5.91 Å². The van der Waals surface area contributed by atoms with E-state index < -0.39 is 0 Å². The van der Waals surface area contributed by atoms with Crippen molar-refractivity contribution in [3.63, 3.8) is 0 Å². The molecule has 19 heavy (non-hydrogen) atoms. The molecule has 0 fully saturated rings. The van der Waals surface area contributed by atoms with Crippen LogP contribution in [0.1, 0.15) is 26.7 Å². The number of hydrogen-bond donors (Lipinski definition) is 1. The first-order valence-electron chi connectivity index (χ1n) is 6.71. The highest BCUT2D eigenvalue weighted by Crippen LogP contribution is 2.13. The minimum Gasteiger partial charge on any atom is -0.326 e. The molecule has 0 unspecified atom stereocenters. The van der Waals surface area contributed by atoms with Gasteiger partial charge in [-0.25, -0.2) is 0 Å². The molecule has 4 heteroatoms. The van der Waals surface area contributed by atoms with Gasteiger partial charge in [-0.2, -0.15) is 0 Å². The third-order valence-electron chi connectivity index (χ3n) is 2.94. The molecule has 0 aliphatic rings. The lowest BCUT2D eigenvalue weighted by atomic mass is 10.1. The van der Waals surface area contributed by atoms with Crippen molar-refractivity contribution in [2.45, 2.75) is 26.7 Å². The molecule has 0 aliphatic carbocycles. The number of amides is 1. The number of rotatable bonds is 7. The summed E-state index contributed by atoms with van der Waals surface area (Å²) in [6, 6.07) is 7.16. The van der Waals surface area contributed by atoms with E-state index in [9.17, 15) is 4.79 Å². The molecule has 0 spiro atoms. The fourth-order valence-electron chi connectivity index (χ4n) is 1.64. The van der Waals surface area contributed by atoms with Gasteiger partial charge in [-0.1, -0.05) is 25.4 Å². The van der Waals surface area contributed by atoms with E-state index in [1.54, 1.807) is 12.1 Å². The van der Waals surface area contributed by atoms with E-state index in [4.69, 9.17) is 11.6 Å².